The molecule has 106 valence electrons. The number of aryl methyl sites for hydroxylation is 1. The first-order valence-electron chi connectivity index (χ1n) is 5.30. The number of aliphatic hydroxyl groups is 1. The van der Waals surface area contributed by atoms with Gasteiger partial charge in [-0.1, -0.05) is 38.9 Å². The number of hydrogen-bond donors (Lipinski definition) is 1. The van der Waals surface area contributed by atoms with E-state index in [4.69, 9.17) is 21.4 Å². The molecule has 0 fully saturated rings. The summed E-state index contributed by atoms with van der Waals surface area (Å²) in [4.78, 5) is 14.9. The van der Waals surface area contributed by atoms with Crippen LogP contribution in [0, 0.1) is 17.0 Å². The third-order valence-electron chi connectivity index (χ3n) is 2.38. The van der Waals surface area contributed by atoms with Crippen molar-refractivity contribution in [3.8, 4) is 10.9 Å². The lowest BCUT2D eigenvalue weighted by molar-refractivity contribution is -0.385. The maximum absolute atomic E-state index is 11.1. The van der Waals surface area contributed by atoms with E-state index in [1.165, 1.54) is 6.07 Å². The highest BCUT2D eigenvalue weighted by atomic mass is 79.9. The van der Waals surface area contributed by atoms with Gasteiger partial charge in [0.05, 0.1) is 16.4 Å². The van der Waals surface area contributed by atoms with Crippen LogP contribution in [0.25, 0.3) is 0 Å². The van der Waals surface area contributed by atoms with Gasteiger partial charge in [-0.3, -0.25) is 10.1 Å². The minimum absolute atomic E-state index is 0.105. The number of halogens is 2. The zero-order valence-electron chi connectivity index (χ0n) is 10.1. The average Bonchev–Trinajstić information content (AvgIpc) is 2.72. The zero-order valence-corrected chi connectivity index (χ0v) is 13.3. The fourth-order valence-corrected chi connectivity index (χ4v) is 3.05. The number of ether oxygens (including phenoxy) is 1. The molecule has 0 aliphatic heterocycles. The third kappa shape index (κ3) is 3.09. The second-order valence-electron chi connectivity index (χ2n) is 3.78. The SMILES string of the molecule is Cc1cc(Br)cc([N+](=O)[O-])c1Oc1nc(Cl)c(CO)s1. The normalized spacial score (nSPS) is 10.6. The Morgan fingerprint density at radius 1 is 1.60 bits per heavy atom. The lowest BCUT2D eigenvalue weighted by Gasteiger charge is -2.07. The molecule has 1 heterocycles. The summed E-state index contributed by atoms with van der Waals surface area (Å²) in [6.45, 7) is 1.43. The number of hydrogen-bond acceptors (Lipinski definition) is 6. The summed E-state index contributed by atoms with van der Waals surface area (Å²) in [5, 5.41) is 20.4. The second kappa shape index (κ2) is 6.04. The predicted molar refractivity (Wildman–Crippen MR) is 78.7 cm³/mol. The molecule has 0 radical (unpaired) electrons. The average molecular weight is 380 g/mol. The monoisotopic (exact) mass is 378 g/mol. The van der Waals surface area contributed by atoms with Crippen LogP contribution in [0.4, 0.5) is 5.69 Å². The summed E-state index contributed by atoms with van der Waals surface area (Å²) < 4.78 is 6.05. The van der Waals surface area contributed by atoms with E-state index in [9.17, 15) is 10.1 Å². The van der Waals surface area contributed by atoms with Gasteiger partial charge < -0.3 is 9.84 Å². The van der Waals surface area contributed by atoms with Gasteiger partial charge in [0.15, 0.2) is 0 Å². The van der Waals surface area contributed by atoms with Crippen LogP contribution in [-0.4, -0.2) is 15.0 Å². The molecule has 20 heavy (non-hydrogen) atoms. The smallest absolute Gasteiger partial charge is 0.313 e. The van der Waals surface area contributed by atoms with Gasteiger partial charge in [0.1, 0.15) is 5.15 Å². The van der Waals surface area contributed by atoms with Crippen molar-refractivity contribution in [3.05, 3.63) is 42.3 Å². The molecule has 0 spiro atoms. The first-order chi connectivity index (χ1) is 9.42. The summed E-state index contributed by atoms with van der Waals surface area (Å²) in [6.07, 6.45) is 0. The molecule has 9 heteroatoms. The number of nitro groups is 1. The van der Waals surface area contributed by atoms with Crippen LogP contribution in [0.3, 0.4) is 0 Å². The number of aromatic nitrogens is 1. The number of benzene rings is 1. The molecule has 1 aromatic carbocycles. The van der Waals surface area contributed by atoms with Crippen molar-refractivity contribution in [1.82, 2.24) is 4.98 Å². The Kier molecular flexibility index (Phi) is 4.59. The van der Waals surface area contributed by atoms with E-state index in [0.29, 0.717) is 14.9 Å². The summed E-state index contributed by atoms with van der Waals surface area (Å²) in [5.41, 5.74) is 0.414. The summed E-state index contributed by atoms with van der Waals surface area (Å²) in [5.74, 6) is 0.105. The highest BCUT2D eigenvalue weighted by molar-refractivity contribution is 9.10. The topological polar surface area (TPSA) is 85.5 Å². The van der Waals surface area contributed by atoms with Gasteiger partial charge in [-0.25, -0.2) is 0 Å². The van der Waals surface area contributed by atoms with E-state index < -0.39 is 4.92 Å². The van der Waals surface area contributed by atoms with Crippen molar-refractivity contribution in [3.63, 3.8) is 0 Å². The number of aliphatic hydroxyl groups excluding tert-OH is 1. The molecule has 0 bridgehead atoms. The molecular weight excluding hydrogens is 372 g/mol. The molecule has 0 amide bonds. The van der Waals surface area contributed by atoms with Crippen molar-refractivity contribution in [2.24, 2.45) is 0 Å². The molecule has 0 aliphatic rings. The summed E-state index contributed by atoms with van der Waals surface area (Å²) in [7, 11) is 0. The first kappa shape index (κ1) is 15.2. The van der Waals surface area contributed by atoms with Crippen LogP contribution >= 0.6 is 38.9 Å². The maximum atomic E-state index is 11.1. The number of rotatable bonds is 4. The van der Waals surface area contributed by atoms with Crippen molar-refractivity contribution in [1.29, 1.82) is 0 Å². The van der Waals surface area contributed by atoms with Crippen LogP contribution in [0.5, 0.6) is 10.9 Å². The Bertz CT molecular complexity index is 677. The largest absolute Gasteiger partial charge is 0.423 e. The highest BCUT2D eigenvalue weighted by Crippen LogP contribution is 2.39. The van der Waals surface area contributed by atoms with Crippen molar-refractivity contribution in [2.75, 3.05) is 0 Å². The van der Waals surface area contributed by atoms with Gasteiger partial charge in [0.25, 0.3) is 5.19 Å². The van der Waals surface area contributed by atoms with Gasteiger partial charge in [-0.2, -0.15) is 4.98 Å². The molecule has 0 saturated carbocycles. The molecule has 6 nitrogen and oxygen atoms in total. The van der Waals surface area contributed by atoms with E-state index in [-0.39, 0.29) is 28.4 Å². The molecular formula is C11H8BrClN2O4S. The molecule has 0 aliphatic carbocycles. The van der Waals surface area contributed by atoms with E-state index in [0.717, 1.165) is 11.3 Å². The first-order valence-corrected chi connectivity index (χ1v) is 7.29. The van der Waals surface area contributed by atoms with E-state index in [2.05, 4.69) is 20.9 Å². The van der Waals surface area contributed by atoms with Gasteiger partial charge in [0, 0.05) is 16.1 Å². The highest BCUT2D eigenvalue weighted by Gasteiger charge is 2.21. The van der Waals surface area contributed by atoms with Gasteiger partial charge in [-0.05, 0) is 13.0 Å². The van der Waals surface area contributed by atoms with Gasteiger partial charge in [-0.15, -0.1) is 0 Å². The van der Waals surface area contributed by atoms with Crippen molar-refractivity contribution >= 4 is 44.6 Å². The van der Waals surface area contributed by atoms with E-state index in [1.54, 1.807) is 13.0 Å². The lowest BCUT2D eigenvalue weighted by atomic mass is 10.2. The zero-order chi connectivity index (χ0) is 14.9. The Balaban J connectivity index is 2.44. The van der Waals surface area contributed by atoms with Crippen molar-refractivity contribution in [2.45, 2.75) is 13.5 Å². The van der Waals surface area contributed by atoms with E-state index >= 15 is 0 Å². The molecule has 2 aromatic rings. The van der Waals surface area contributed by atoms with Crippen LogP contribution < -0.4 is 4.74 Å². The third-order valence-corrected chi connectivity index (χ3v) is 4.18. The van der Waals surface area contributed by atoms with Gasteiger partial charge in [0.2, 0.25) is 5.75 Å². The summed E-state index contributed by atoms with van der Waals surface area (Å²) in [6, 6.07) is 3.05. The number of nitrogens with zero attached hydrogens (tertiary/aromatic N) is 2. The standard InChI is InChI=1S/C11H8BrClN2O4S/c1-5-2-6(12)3-7(15(17)18)9(5)19-11-14-10(13)8(4-16)20-11/h2-3,16H,4H2,1H3. The number of nitro benzene ring substituents is 1. The minimum Gasteiger partial charge on any atom is -0.423 e. The number of thiazole rings is 1. The lowest BCUT2D eigenvalue weighted by Crippen LogP contribution is -1.96. The molecule has 1 N–H and O–H groups in total. The van der Waals surface area contributed by atoms with Gasteiger partial charge >= 0.3 is 5.69 Å². The Morgan fingerprint density at radius 3 is 2.85 bits per heavy atom. The predicted octanol–water partition coefficient (Wildman–Crippen LogP) is 4.06. The Morgan fingerprint density at radius 2 is 2.30 bits per heavy atom. The maximum Gasteiger partial charge on any atom is 0.313 e. The van der Waals surface area contributed by atoms with Crippen LogP contribution in [0.1, 0.15) is 10.4 Å². The molecule has 0 unspecified atom stereocenters. The quantitative estimate of drug-likeness (QED) is 0.639. The Labute approximate surface area is 131 Å². The summed E-state index contributed by atoms with van der Waals surface area (Å²) >= 11 is 10.0. The molecule has 2 rings (SSSR count). The van der Waals surface area contributed by atoms with Crippen LogP contribution in [0.2, 0.25) is 5.15 Å². The van der Waals surface area contributed by atoms with Crippen LogP contribution in [0.15, 0.2) is 16.6 Å². The molecule has 1 aromatic heterocycles. The minimum atomic E-state index is -0.532. The fraction of sp³-hybridized carbons (Fsp3) is 0.182. The molecule has 0 saturated heterocycles. The van der Waals surface area contributed by atoms with Crippen LogP contribution in [-0.2, 0) is 6.61 Å². The fourth-order valence-electron chi connectivity index (χ4n) is 1.52. The van der Waals surface area contributed by atoms with Crippen molar-refractivity contribution < 1.29 is 14.8 Å². The van der Waals surface area contributed by atoms with E-state index in [1.807, 2.05) is 0 Å². The Hall–Kier alpha value is -1.22. The molecule has 0 atom stereocenters. The second-order valence-corrected chi connectivity index (χ2v) is 6.10.